The Morgan fingerprint density at radius 1 is 1.48 bits per heavy atom. The number of likely N-dealkylation sites (tertiary alicyclic amines) is 1. The first kappa shape index (κ1) is 16.4. The van der Waals surface area contributed by atoms with E-state index in [0.29, 0.717) is 6.54 Å². The van der Waals surface area contributed by atoms with Crippen LogP contribution in [0, 0.1) is 6.92 Å². The number of thiophene rings is 1. The maximum absolute atomic E-state index is 12.3. The van der Waals surface area contributed by atoms with E-state index < -0.39 is 0 Å². The number of carbonyl (C=O) groups excluding carboxylic acids is 1. The van der Waals surface area contributed by atoms with Gasteiger partial charge in [0.05, 0.1) is 16.7 Å². The number of aromatic nitrogens is 2. The summed E-state index contributed by atoms with van der Waals surface area (Å²) in [6.07, 6.45) is 2.54. The van der Waals surface area contributed by atoms with Crippen LogP contribution < -0.4 is 5.32 Å². The summed E-state index contributed by atoms with van der Waals surface area (Å²) in [5, 5.41) is 17.9. The zero-order valence-electron chi connectivity index (χ0n) is 13.7. The predicted molar refractivity (Wildman–Crippen MR) is 92.0 cm³/mol. The van der Waals surface area contributed by atoms with Crippen LogP contribution in [0.5, 0.6) is 0 Å². The van der Waals surface area contributed by atoms with E-state index in [9.17, 15) is 9.90 Å². The number of aryl methyl sites for hydroxylation is 2. The molecule has 0 bridgehead atoms. The van der Waals surface area contributed by atoms with E-state index in [1.807, 2.05) is 24.7 Å². The maximum Gasteiger partial charge on any atom is 0.261 e. The van der Waals surface area contributed by atoms with Crippen LogP contribution in [0.4, 0.5) is 0 Å². The zero-order chi connectivity index (χ0) is 16.4. The number of hydrogen-bond donors (Lipinski definition) is 2. The number of aliphatic hydroxyl groups is 1. The van der Waals surface area contributed by atoms with Crippen LogP contribution in [0.15, 0.2) is 6.07 Å². The van der Waals surface area contributed by atoms with E-state index in [1.54, 1.807) is 0 Å². The molecule has 1 aliphatic rings. The molecule has 0 atom stereocenters. The van der Waals surface area contributed by atoms with Gasteiger partial charge in [0.2, 0.25) is 0 Å². The number of hydrogen-bond acceptors (Lipinski definition) is 5. The van der Waals surface area contributed by atoms with E-state index in [-0.39, 0.29) is 12.0 Å². The van der Waals surface area contributed by atoms with Crippen LogP contribution >= 0.6 is 11.3 Å². The molecule has 126 valence electrons. The van der Waals surface area contributed by atoms with Crippen molar-refractivity contribution in [1.29, 1.82) is 0 Å². The van der Waals surface area contributed by atoms with Crippen molar-refractivity contribution in [3.8, 4) is 0 Å². The topological polar surface area (TPSA) is 70.4 Å². The molecule has 23 heavy (non-hydrogen) atoms. The number of carbonyl (C=O) groups is 1. The van der Waals surface area contributed by atoms with E-state index >= 15 is 0 Å². The number of nitrogens with zero attached hydrogens (tertiary/aromatic N) is 3. The van der Waals surface area contributed by atoms with Gasteiger partial charge in [0, 0.05) is 32.1 Å². The molecule has 0 unspecified atom stereocenters. The molecule has 2 aromatic heterocycles. The molecule has 0 saturated carbocycles. The number of rotatable bonds is 5. The summed E-state index contributed by atoms with van der Waals surface area (Å²) in [4.78, 5) is 16.4. The van der Waals surface area contributed by atoms with Crippen molar-refractivity contribution in [2.24, 2.45) is 7.05 Å². The average Bonchev–Trinajstić information content (AvgIpc) is 3.08. The van der Waals surface area contributed by atoms with E-state index in [2.05, 4.69) is 15.3 Å². The number of amides is 1. The van der Waals surface area contributed by atoms with Gasteiger partial charge < -0.3 is 15.3 Å². The number of piperidine rings is 1. The molecule has 0 spiro atoms. The molecule has 1 amide bonds. The number of aliphatic hydroxyl groups excluding tert-OH is 1. The van der Waals surface area contributed by atoms with E-state index in [0.717, 1.165) is 59.7 Å². The Morgan fingerprint density at radius 2 is 2.22 bits per heavy atom. The summed E-state index contributed by atoms with van der Waals surface area (Å²) >= 11 is 1.49. The molecular weight excluding hydrogens is 312 g/mol. The second kappa shape index (κ2) is 6.98. The lowest BCUT2D eigenvalue weighted by Crippen LogP contribution is -2.37. The fourth-order valence-corrected chi connectivity index (χ4v) is 4.09. The standard InChI is InChI=1S/C16H24N4O2S/c1-11-13-10-14(23-16(13)19(2)18-11)15(22)17-6-3-7-20-8-4-12(21)5-9-20/h10,12,21H,3-9H2,1-2H3,(H,17,22). The quantitative estimate of drug-likeness (QED) is 0.812. The normalized spacial score (nSPS) is 17.0. The Morgan fingerprint density at radius 3 is 2.91 bits per heavy atom. The molecule has 0 radical (unpaired) electrons. The van der Waals surface area contributed by atoms with Gasteiger partial charge in [-0.25, -0.2) is 0 Å². The van der Waals surface area contributed by atoms with Crippen molar-refractivity contribution in [2.45, 2.75) is 32.3 Å². The molecule has 3 heterocycles. The van der Waals surface area contributed by atoms with Crippen molar-refractivity contribution in [1.82, 2.24) is 20.0 Å². The lowest BCUT2D eigenvalue weighted by atomic mass is 10.1. The van der Waals surface area contributed by atoms with Crippen LogP contribution in [-0.4, -0.2) is 58.0 Å². The first-order chi connectivity index (χ1) is 11.0. The minimum Gasteiger partial charge on any atom is -0.393 e. The summed E-state index contributed by atoms with van der Waals surface area (Å²) in [6, 6.07) is 1.93. The highest BCUT2D eigenvalue weighted by molar-refractivity contribution is 7.20. The van der Waals surface area contributed by atoms with Gasteiger partial charge in [0.25, 0.3) is 5.91 Å². The van der Waals surface area contributed by atoms with Gasteiger partial charge in [0.15, 0.2) is 0 Å². The smallest absolute Gasteiger partial charge is 0.261 e. The van der Waals surface area contributed by atoms with Crippen molar-refractivity contribution >= 4 is 27.5 Å². The number of nitrogens with one attached hydrogen (secondary N) is 1. The Hall–Kier alpha value is -1.44. The van der Waals surface area contributed by atoms with Gasteiger partial charge in [-0.05, 0) is 38.8 Å². The maximum atomic E-state index is 12.3. The highest BCUT2D eigenvalue weighted by Gasteiger charge is 2.17. The van der Waals surface area contributed by atoms with Gasteiger partial charge >= 0.3 is 0 Å². The van der Waals surface area contributed by atoms with Crippen molar-refractivity contribution in [3.63, 3.8) is 0 Å². The largest absolute Gasteiger partial charge is 0.393 e. The highest BCUT2D eigenvalue weighted by atomic mass is 32.1. The Labute approximate surface area is 140 Å². The zero-order valence-corrected chi connectivity index (χ0v) is 14.5. The molecule has 7 heteroatoms. The Kier molecular flexibility index (Phi) is 4.99. The van der Waals surface area contributed by atoms with Crippen LogP contribution in [0.25, 0.3) is 10.2 Å². The second-order valence-corrected chi connectivity index (χ2v) is 7.25. The summed E-state index contributed by atoms with van der Waals surface area (Å²) < 4.78 is 1.83. The Bertz CT molecular complexity index is 651. The summed E-state index contributed by atoms with van der Waals surface area (Å²) in [5.74, 6) is -0.000309. The van der Waals surface area contributed by atoms with Gasteiger partial charge in [-0.1, -0.05) is 0 Å². The third kappa shape index (κ3) is 3.73. The fraction of sp³-hybridized carbons (Fsp3) is 0.625. The summed E-state index contributed by atoms with van der Waals surface area (Å²) in [7, 11) is 1.91. The van der Waals surface area contributed by atoms with Gasteiger partial charge in [-0.3, -0.25) is 9.48 Å². The van der Waals surface area contributed by atoms with Crippen LogP contribution in [0.3, 0.4) is 0 Å². The summed E-state index contributed by atoms with van der Waals surface area (Å²) in [6.45, 7) is 5.54. The lowest BCUT2D eigenvalue weighted by Gasteiger charge is -2.29. The van der Waals surface area contributed by atoms with Crippen molar-refractivity contribution in [3.05, 3.63) is 16.6 Å². The molecule has 6 nitrogen and oxygen atoms in total. The SMILES string of the molecule is Cc1nn(C)c2sc(C(=O)NCCCN3CCC(O)CC3)cc12. The third-order valence-corrected chi connectivity index (χ3v) is 5.61. The molecule has 0 aliphatic carbocycles. The molecule has 1 saturated heterocycles. The first-order valence-electron chi connectivity index (χ1n) is 8.16. The molecule has 2 N–H and O–H groups in total. The lowest BCUT2D eigenvalue weighted by molar-refractivity contribution is 0.0816. The first-order valence-corrected chi connectivity index (χ1v) is 8.98. The van der Waals surface area contributed by atoms with Gasteiger partial charge in [-0.15, -0.1) is 11.3 Å². The monoisotopic (exact) mass is 336 g/mol. The van der Waals surface area contributed by atoms with Crippen LogP contribution in [0.1, 0.15) is 34.6 Å². The second-order valence-electron chi connectivity index (χ2n) is 6.22. The van der Waals surface area contributed by atoms with Crippen molar-refractivity contribution in [2.75, 3.05) is 26.2 Å². The van der Waals surface area contributed by atoms with Crippen LogP contribution in [-0.2, 0) is 7.05 Å². The van der Waals surface area contributed by atoms with Gasteiger partial charge in [0.1, 0.15) is 4.83 Å². The number of fused-ring (bicyclic) bond motifs is 1. The highest BCUT2D eigenvalue weighted by Crippen LogP contribution is 2.27. The van der Waals surface area contributed by atoms with E-state index in [1.165, 1.54) is 11.3 Å². The average molecular weight is 336 g/mol. The fourth-order valence-electron chi connectivity index (χ4n) is 3.05. The molecular formula is C16H24N4O2S. The Balaban J connectivity index is 1.46. The van der Waals surface area contributed by atoms with Crippen LogP contribution in [0.2, 0.25) is 0 Å². The molecule has 1 fully saturated rings. The van der Waals surface area contributed by atoms with Crippen molar-refractivity contribution < 1.29 is 9.90 Å². The summed E-state index contributed by atoms with van der Waals surface area (Å²) in [5.41, 5.74) is 0.963. The molecule has 3 rings (SSSR count). The minimum absolute atomic E-state index is 0.000309. The molecule has 0 aromatic carbocycles. The minimum atomic E-state index is -0.128. The van der Waals surface area contributed by atoms with E-state index in [4.69, 9.17) is 0 Å². The third-order valence-electron chi connectivity index (χ3n) is 4.41. The molecule has 1 aliphatic heterocycles. The molecule has 2 aromatic rings. The van der Waals surface area contributed by atoms with Gasteiger partial charge in [-0.2, -0.15) is 5.10 Å². The predicted octanol–water partition coefficient (Wildman–Crippen LogP) is 1.52.